The van der Waals surface area contributed by atoms with Crippen molar-refractivity contribution in [3.05, 3.63) is 53.5 Å². The smallest absolute Gasteiger partial charge is 0.254 e. The van der Waals surface area contributed by atoms with Crippen LogP contribution >= 0.6 is 0 Å². The Morgan fingerprint density at radius 1 is 1.43 bits per heavy atom. The first-order valence-corrected chi connectivity index (χ1v) is 6.51. The summed E-state index contributed by atoms with van der Waals surface area (Å²) in [5.74, 6) is 0.935. The summed E-state index contributed by atoms with van der Waals surface area (Å²) in [6, 6.07) is 8.59. The van der Waals surface area contributed by atoms with Gasteiger partial charge in [0.1, 0.15) is 17.8 Å². The van der Waals surface area contributed by atoms with Gasteiger partial charge in [0.25, 0.3) is 5.91 Å². The lowest BCUT2D eigenvalue weighted by molar-refractivity contribution is 0.0915. The summed E-state index contributed by atoms with van der Waals surface area (Å²) in [6.07, 6.45) is 0.554. The third-order valence-electron chi connectivity index (χ3n) is 3.07. The lowest BCUT2D eigenvalue weighted by atomic mass is 10.1. The van der Waals surface area contributed by atoms with E-state index in [4.69, 9.17) is 14.9 Å². The zero-order chi connectivity index (χ0) is 15.2. The average Bonchev–Trinajstić information content (AvgIpc) is 3.01. The minimum absolute atomic E-state index is 0.105. The summed E-state index contributed by atoms with van der Waals surface area (Å²) in [5.41, 5.74) is 6.50. The highest BCUT2D eigenvalue weighted by atomic mass is 16.5. The lowest BCUT2D eigenvalue weighted by Crippen LogP contribution is -2.28. The van der Waals surface area contributed by atoms with Gasteiger partial charge < -0.3 is 25.3 Å². The summed E-state index contributed by atoms with van der Waals surface area (Å²) < 4.78 is 10.1. The number of methoxy groups -OCH3 is 1. The maximum Gasteiger partial charge on any atom is 0.254 e. The molecule has 1 aromatic heterocycles. The molecule has 21 heavy (non-hydrogen) atoms. The Hall–Kier alpha value is -2.31. The SMILES string of the molecule is COc1ccc(C(O)CNC(=O)c2coc(CN)c2)cc1. The maximum absolute atomic E-state index is 11.9. The van der Waals surface area contributed by atoms with Gasteiger partial charge in [-0.1, -0.05) is 12.1 Å². The number of amides is 1. The van der Waals surface area contributed by atoms with Crippen LogP contribution in [0, 0.1) is 0 Å². The molecule has 6 heteroatoms. The van der Waals surface area contributed by atoms with Crippen LogP contribution in [0.4, 0.5) is 0 Å². The molecule has 1 unspecified atom stereocenters. The number of aliphatic hydroxyl groups is 1. The highest BCUT2D eigenvalue weighted by molar-refractivity contribution is 5.93. The molecule has 0 aliphatic rings. The minimum atomic E-state index is -0.791. The number of nitrogens with two attached hydrogens (primary N) is 1. The van der Waals surface area contributed by atoms with Gasteiger partial charge >= 0.3 is 0 Å². The molecule has 1 atom stereocenters. The fourth-order valence-corrected chi connectivity index (χ4v) is 1.84. The van der Waals surface area contributed by atoms with Crippen LogP contribution in [0.2, 0.25) is 0 Å². The molecule has 4 N–H and O–H groups in total. The Morgan fingerprint density at radius 2 is 2.14 bits per heavy atom. The van der Waals surface area contributed by atoms with Gasteiger partial charge in [-0.15, -0.1) is 0 Å². The molecule has 1 amide bonds. The Balaban J connectivity index is 1.90. The molecule has 0 aliphatic carbocycles. The second kappa shape index (κ2) is 6.92. The number of hydrogen-bond donors (Lipinski definition) is 3. The molecule has 0 saturated carbocycles. The number of benzene rings is 1. The van der Waals surface area contributed by atoms with Gasteiger partial charge in [-0.2, -0.15) is 0 Å². The standard InChI is InChI=1S/C15H18N2O4/c1-20-12-4-2-10(3-5-12)14(18)8-17-15(19)11-6-13(7-16)21-9-11/h2-6,9,14,18H,7-8,16H2,1H3,(H,17,19). The van der Waals surface area contributed by atoms with E-state index in [0.29, 0.717) is 22.6 Å². The third kappa shape index (κ3) is 3.84. The number of carbonyl (C=O) groups excluding carboxylic acids is 1. The molecule has 0 saturated heterocycles. The topological polar surface area (TPSA) is 97.7 Å². The van der Waals surface area contributed by atoms with Gasteiger partial charge in [-0.25, -0.2) is 0 Å². The van der Waals surface area contributed by atoms with Gasteiger partial charge in [0, 0.05) is 6.54 Å². The number of aliphatic hydroxyl groups excluding tert-OH is 1. The van der Waals surface area contributed by atoms with Gasteiger partial charge in [0.2, 0.25) is 0 Å². The van der Waals surface area contributed by atoms with E-state index in [-0.39, 0.29) is 19.0 Å². The summed E-state index contributed by atoms with van der Waals surface area (Å²) in [5, 5.41) is 12.7. The summed E-state index contributed by atoms with van der Waals surface area (Å²) >= 11 is 0. The first-order chi connectivity index (χ1) is 10.1. The van der Waals surface area contributed by atoms with E-state index < -0.39 is 6.10 Å². The summed E-state index contributed by atoms with van der Waals surface area (Å²) in [7, 11) is 1.58. The number of ether oxygens (including phenoxy) is 1. The predicted octanol–water partition coefficient (Wildman–Crippen LogP) is 1.21. The second-order valence-corrected chi connectivity index (χ2v) is 4.50. The average molecular weight is 290 g/mol. The molecule has 1 heterocycles. The number of carbonyl (C=O) groups is 1. The number of furan rings is 1. The van der Waals surface area contributed by atoms with Crippen LogP contribution < -0.4 is 15.8 Å². The Kier molecular flexibility index (Phi) is 4.97. The number of nitrogens with one attached hydrogen (secondary N) is 1. The zero-order valence-electron chi connectivity index (χ0n) is 11.7. The van der Waals surface area contributed by atoms with E-state index in [1.54, 1.807) is 37.4 Å². The molecule has 0 bridgehead atoms. The van der Waals surface area contributed by atoms with Gasteiger partial charge in [-0.3, -0.25) is 4.79 Å². The van der Waals surface area contributed by atoms with Crippen LogP contribution in [0.25, 0.3) is 0 Å². The Labute approximate surface area is 122 Å². The molecule has 0 spiro atoms. The molecular weight excluding hydrogens is 272 g/mol. The summed E-state index contributed by atoms with van der Waals surface area (Å²) in [4.78, 5) is 11.9. The Bertz CT molecular complexity index is 592. The van der Waals surface area contributed by atoms with E-state index in [9.17, 15) is 9.90 Å². The van der Waals surface area contributed by atoms with E-state index in [0.717, 1.165) is 0 Å². The fourth-order valence-electron chi connectivity index (χ4n) is 1.84. The lowest BCUT2D eigenvalue weighted by Gasteiger charge is -2.12. The second-order valence-electron chi connectivity index (χ2n) is 4.50. The first kappa shape index (κ1) is 15.1. The van der Waals surface area contributed by atoms with Crippen molar-refractivity contribution in [1.82, 2.24) is 5.32 Å². The van der Waals surface area contributed by atoms with Gasteiger partial charge in [-0.05, 0) is 23.8 Å². The predicted molar refractivity (Wildman–Crippen MR) is 76.9 cm³/mol. The van der Waals surface area contributed by atoms with Crippen molar-refractivity contribution in [2.45, 2.75) is 12.6 Å². The van der Waals surface area contributed by atoms with Crippen LogP contribution in [0.1, 0.15) is 27.8 Å². The number of hydrogen-bond acceptors (Lipinski definition) is 5. The molecule has 0 radical (unpaired) electrons. The minimum Gasteiger partial charge on any atom is -0.497 e. The van der Waals surface area contributed by atoms with Crippen molar-refractivity contribution in [2.75, 3.05) is 13.7 Å². The molecule has 0 aliphatic heterocycles. The molecule has 1 aromatic carbocycles. The molecule has 112 valence electrons. The van der Waals surface area contributed by atoms with Crippen LogP contribution in [-0.4, -0.2) is 24.7 Å². The molecular formula is C15H18N2O4. The van der Waals surface area contributed by atoms with Crippen LogP contribution in [-0.2, 0) is 6.54 Å². The van der Waals surface area contributed by atoms with Crippen LogP contribution in [0.3, 0.4) is 0 Å². The molecule has 0 fully saturated rings. The molecule has 2 aromatic rings. The van der Waals surface area contributed by atoms with E-state index in [2.05, 4.69) is 5.32 Å². The van der Waals surface area contributed by atoms with Gasteiger partial charge in [0.15, 0.2) is 0 Å². The summed E-state index contributed by atoms with van der Waals surface area (Å²) in [6.45, 7) is 0.343. The zero-order valence-corrected chi connectivity index (χ0v) is 11.7. The third-order valence-corrected chi connectivity index (χ3v) is 3.07. The van der Waals surface area contributed by atoms with E-state index in [1.807, 2.05) is 0 Å². The molecule has 6 nitrogen and oxygen atoms in total. The first-order valence-electron chi connectivity index (χ1n) is 6.51. The van der Waals surface area contributed by atoms with Crippen molar-refractivity contribution in [2.24, 2.45) is 5.73 Å². The number of rotatable bonds is 6. The maximum atomic E-state index is 11.9. The van der Waals surface area contributed by atoms with Crippen molar-refractivity contribution in [3.63, 3.8) is 0 Å². The Morgan fingerprint density at radius 3 is 2.71 bits per heavy atom. The monoisotopic (exact) mass is 290 g/mol. The quantitative estimate of drug-likeness (QED) is 0.743. The van der Waals surface area contributed by atoms with Crippen LogP contribution in [0.5, 0.6) is 5.75 Å². The molecule has 2 rings (SSSR count). The fraction of sp³-hybridized carbons (Fsp3) is 0.267. The van der Waals surface area contributed by atoms with Crippen molar-refractivity contribution in [3.8, 4) is 5.75 Å². The van der Waals surface area contributed by atoms with E-state index in [1.165, 1.54) is 6.26 Å². The largest absolute Gasteiger partial charge is 0.497 e. The van der Waals surface area contributed by atoms with E-state index >= 15 is 0 Å². The highest BCUT2D eigenvalue weighted by Crippen LogP contribution is 2.17. The van der Waals surface area contributed by atoms with Crippen molar-refractivity contribution < 1.29 is 19.1 Å². The van der Waals surface area contributed by atoms with Crippen molar-refractivity contribution >= 4 is 5.91 Å². The van der Waals surface area contributed by atoms with Crippen molar-refractivity contribution in [1.29, 1.82) is 0 Å². The van der Waals surface area contributed by atoms with Crippen LogP contribution in [0.15, 0.2) is 41.0 Å². The highest BCUT2D eigenvalue weighted by Gasteiger charge is 2.13. The van der Waals surface area contributed by atoms with Gasteiger partial charge in [0.05, 0.1) is 25.3 Å². The normalized spacial score (nSPS) is 12.0.